The lowest BCUT2D eigenvalue weighted by atomic mass is 9.81. The zero-order chi connectivity index (χ0) is 36.6. The average Bonchev–Trinajstić information content (AvgIpc) is 3.12. The molecule has 0 N–H and O–H groups in total. The van der Waals surface area contributed by atoms with Crippen LogP contribution in [0.1, 0.15) is 109 Å². The molecule has 9 nitrogen and oxygen atoms in total. The molecule has 51 heavy (non-hydrogen) atoms. The largest absolute Gasteiger partial charge is 0.461 e. The highest BCUT2D eigenvalue weighted by atomic mass is 32.2. The Kier molecular flexibility index (Phi) is 12.1. The van der Waals surface area contributed by atoms with E-state index in [9.17, 15) is 13.8 Å². The zero-order valence-electron chi connectivity index (χ0n) is 29.7. The van der Waals surface area contributed by atoms with Crippen LogP contribution in [-0.4, -0.2) is 60.8 Å². The normalized spacial score (nSPS) is 16.2. The summed E-state index contributed by atoms with van der Waals surface area (Å²) >= 11 is 1.91. The van der Waals surface area contributed by atoms with Gasteiger partial charge in [0.1, 0.15) is 11.4 Å². The monoisotopic (exact) mass is 720 g/mol. The zero-order valence-corrected chi connectivity index (χ0v) is 31.3. The standard InChI is InChI=1S/C20H20N2O3S.C20H20N2O2S/c1-4-25-19(23)17-13-21-15(12-22-17)7-5-14-6-8-18-16(11-14)20(2,3)9-10-26(18)24;1-4-24-19(23)17-13-21-15(12-22-17)7-5-14-6-8-18-16(11-14)20(2,3)9-10-25-18/h6,8,11-13H,4,9-10H2,1-3H3;6,8,11-13H,4,9-10H2,1-3H3. The Bertz CT molecular complexity index is 2070. The first-order chi connectivity index (χ1) is 24.4. The summed E-state index contributed by atoms with van der Waals surface area (Å²) in [7, 11) is -0.933. The smallest absolute Gasteiger partial charge is 0.358 e. The second-order valence-electron chi connectivity index (χ2n) is 13.1. The van der Waals surface area contributed by atoms with Gasteiger partial charge in [0, 0.05) is 26.7 Å². The van der Waals surface area contributed by atoms with E-state index < -0.39 is 22.7 Å². The fourth-order valence-electron chi connectivity index (χ4n) is 5.42. The quantitative estimate of drug-likeness (QED) is 0.167. The van der Waals surface area contributed by atoms with Gasteiger partial charge in [0.2, 0.25) is 0 Å². The molecule has 2 aliphatic rings. The lowest BCUT2D eigenvalue weighted by Crippen LogP contribution is -2.27. The summed E-state index contributed by atoms with van der Waals surface area (Å²) in [6.45, 7) is 13.0. The van der Waals surface area contributed by atoms with Crippen molar-refractivity contribution >= 4 is 34.5 Å². The summed E-state index contributed by atoms with van der Waals surface area (Å²) in [5.41, 5.74) is 5.78. The Labute approximate surface area is 306 Å². The van der Waals surface area contributed by atoms with Crippen LogP contribution >= 0.6 is 11.8 Å². The van der Waals surface area contributed by atoms with Gasteiger partial charge in [-0.2, -0.15) is 0 Å². The predicted octanol–water partition coefficient (Wildman–Crippen LogP) is 6.67. The Morgan fingerprint density at radius 2 is 1.25 bits per heavy atom. The summed E-state index contributed by atoms with van der Waals surface area (Å²) in [6.07, 6.45) is 7.77. The number of esters is 2. The van der Waals surface area contributed by atoms with E-state index in [0.717, 1.165) is 33.8 Å². The Balaban J connectivity index is 0.000000198. The number of benzene rings is 2. The number of ether oxygens (including phenoxy) is 2. The summed E-state index contributed by atoms with van der Waals surface area (Å²) in [5.74, 6) is 13.1. The second kappa shape index (κ2) is 16.5. The van der Waals surface area contributed by atoms with Gasteiger partial charge in [0.15, 0.2) is 11.4 Å². The van der Waals surface area contributed by atoms with Crippen molar-refractivity contribution in [1.82, 2.24) is 19.9 Å². The average molecular weight is 721 g/mol. The molecule has 0 amide bonds. The number of carbonyl (C=O) groups is 2. The van der Waals surface area contributed by atoms with Crippen molar-refractivity contribution in [1.29, 1.82) is 0 Å². The molecule has 4 aromatic rings. The van der Waals surface area contributed by atoms with E-state index in [1.807, 2.05) is 36.0 Å². The molecule has 6 rings (SSSR count). The fourth-order valence-corrected chi connectivity index (χ4v) is 8.62. The number of fused-ring (bicyclic) bond motifs is 2. The molecule has 4 heterocycles. The maximum absolute atomic E-state index is 12.2. The molecule has 1 unspecified atom stereocenters. The van der Waals surface area contributed by atoms with Gasteiger partial charge in [0.05, 0.1) is 48.8 Å². The molecular formula is C40H40N4O5S2. The van der Waals surface area contributed by atoms with Gasteiger partial charge in [-0.05, 0) is 103 Å². The number of carbonyl (C=O) groups excluding carboxylic acids is 2. The third kappa shape index (κ3) is 9.49. The molecule has 262 valence electrons. The highest BCUT2D eigenvalue weighted by Gasteiger charge is 2.31. The highest BCUT2D eigenvalue weighted by molar-refractivity contribution is 7.99. The maximum atomic E-state index is 12.2. The van der Waals surface area contributed by atoms with E-state index >= 15 is 0 Å². The van der Waals surface area contributed by atoms with E-state index in [4.69, 9.17) is 9.47 Å². The molecule has 2 aromatic carbocycles. The minimum atomic E-state index is -0.933. The lowest BCUT2D eigenvalue weighted by Gasteiger charge is -2.32. The third-order valence-corrected chi connectivity index (χ3v) is 11.0. The molecule has 2 aliphatic heterocycles. The van der Waals surface area contributed by atoms with E-state index in [1.54, 1.807) is 13.8 Å². The van der Waals surface area contributed by atoms with Crippen LogP contribution in [0.4, 0.5) is 0 Å². The second-order valence-corrected chi connectivity index (χ2v) is 15.8. The summed E-state index contributed by atoms with van der Waals surface area (Å²) in [5, 5.41) is 0. The van der Waals surface area contributed by atoms with Crippen LogP contribution < -0.4 is 0 Å². The van der Waals surface area contributed by atoms with Crippen LogP contribution in [0.2, 0.25) is 0 Å². The van der Waals surface area contributed by atoms with Crippen LogP contribution in [0.25, 0.3) is 0 Å². The van der Waals surface area contributed by atoms with Crippen molar-refractivity contribution in [3.63, 3.8) is 0 Å². The van der Waals surface area contributed by atoms with E-state index in [-0.39, 0.29) is 22.2 Å². The first kappa shape index (κ1) is 37.4. The minimum absolute atomic E-state index is 0.0119. The summed E-state index contributed by atoms with van der Waals surface area (Å²) in [4.78, 5) is 41.8. The van der Waals surface area contributed by atoms with E-state index in [2.05, 4.69) is 83.4 Å². The number of thioether (sulfide) groups is 1. The van der Waals surface area contributed by atoms with E-state index in [1.165, 1.54) is 41.7 Å². The van der Waals surface area contributed by atoms with Crippen LogP contribution in [-0.2, 0) is 31.1 Å². The molecule has 11 heteroatoms. The van der Waals surface area contributed by atoms with Gasteiger partial charge >= 0.3 is 11.9 Å². The topological polar surface area (TPSA) is 121 Å². The number of hydrogen-bond acceptors (Lipinski definition) is 10. The minimum Gasteiger partial charge on any atom is -0.461 e. The number of rotatable bonds is 4. The van der Waals surface area contributed by atoms with Crippen molar-refractivity contribution in [3.05, 3.63) is 106 Å². The van der Waals surface area contributed by atoms with Crippen molar-refractivity contribution in [2.45, 2.75) is 75.0 Å². The first-order valence-corrected chi connectivity index (χ1v) is 19.0. The molecule has 1 atom stereocenters. The van der Waals surface area contributed by atoms with Crippen LogP contribution in [0.5, 0.6) is 0 Å². The predicted molar refractivity (Wildman–Crippen MR) is 198 cm³/mol. The summed E-state index contributed by atoms with van der Waals surface area (Å²) < 4.78 is 22.0. The number of aromatic nitrogens is 4. The van der Waals surface area contributed by atoms with Crippen LogP contribution in [0, 0.1) is 23.7 Å². The Hall–Kier alpha value is -4.84. The van der Waals surface area contributed by atoms with Crippen LogP contribution in [0.3, 0.4) is 0 Å². The molecular weight excluding hydrogens is 681 g/mol. The number of nitrogens with zero attached hydrogens (tertiary/aromatic N) is 4. The van der Waals surface area contributed by atoms with Gasteiger partial charge < -0.3 is 9.47 Å². The molecule has 2 aromatic heterocycles. The summed E-state index contributed by atoms with van der Waals surface area (Å²) in [6, 6.07) is 12.2. The van der Waals surface area contributed by atoms with Gasteiger partial charge in [-0.1, -0.05) is 39.5 Å². The van der Waals surface area contributed by atoms with Crippen LogP contribution in [0.15, 0.2) is 71.0 Å². The highest BCUT2D eigenvalue weighted by Crippen LogP contribution is 2.41. The van der Waals surface area contributed by atoms with Gasteiger partial charge in [-0.3, -0.25) is 4.21 Å². The third-order valence-electron chi connectivity index (χ3n) is 8.50. The van der Waals surface area contributed by atoms with Crippen molar-refractivity contribution in [3.8, 4) is 23.7 Å². The number of hydrogen-bond donors (Lipinski definition) is 0. The molecule has 0 saturated carbocycles. The Morgan fingerprint density at radius 3 is 1.78 bits per heavy atom. The van der Waals surface area contributed by atoms with E-state index in [0.29, 0.717) is 30.4 Å². The van der Waals surface area contributed by atoms with Crippen molar-refractivity contribution in [2.75, 3.05) is 24.7 Å². The van der Waals surface area contributed by atoms with Gasteiger partial charge in [0.25, 0.3) is 0 Å². The molecule has 0 spiro atoms. The maximum Gasteiger partial charge on any atom is 0.358 e. The lowest BCUT2D eigenvalue weighted by molar-refractivity contribution is 0.0509. The molecule has 0 saturated heterocycles. The SMILES string of the molecule is CCOC(=O)c1cnc(C#Cc2ccc3c(c2)C(C)(C)CCS3)cn1.CCOC(=O)c1cnc(C#Cc2ccc3c(c2)C(C)(C)CCS3=O)cn1. The fraction of sp³-hybridized carbons (Fsp3) is 0.350. The Morgan fingerprint density at radius 1 is 0.725 bits per heavy atom. The molecule has 0 aliphatic carbocycles. The van der Waals surface area contributed by atoms with Crippen molar-refractivity contribution in [2.24, 2.45) is 0 Å². The first-order valence-electron chi connectivity index (χ1n) is 16.7. The van der Waals surface area contributed by atoms with Crippen molar-refractivity contribution < 1.29 is 23.3 Å². The van der Waals surface area contributed by atoms with Gasteiger partial charge in [-0.15, -0.1) is 11.8 Å². The molecule has 0 bridgehead atoms. The molecule has 0 fully saturated rings. The molecule has 0 radical (unpaired) electrons. The van der Waals surface area contributed by atoms with Gasteiger partial charge in [-0.25, -0.2) is 29.5 Å².